The maximum Gasteiger partial charge on any atom is 0.329 e. The smallest absolute Gasteiger partial charge is 0.329 e. The molecule has 2 heterocycles. The van der Waals surface area contributed by atoms with Crippen molar-refractivity contribution in [3.05, 3.63) is 39.0 Å². The fraction of sp³-hybridized carbons (Fsp3) is 0.200. The van der Waals surface area contributed by atoms with Gasteiger partial charge in [0.25, 0.3) is 5.56 Å². The van der Waals surface area contributed by atoms with Gasteiger partial charge in [-0.05, 0) is 12.1 Å². The predicted octanol–water partition coefficient (Wildman–Crippen LogP) is 0.407. The van der Waals surface area contributed by atoms with Gasteiger partial charge in [0.15, 0.2) is 11.2 Å². The number of aryl methyl sites for hydroxylation is 1. The van der Waals surface area contributed by atoms with Gasteiger partial charge >= 0.3 is 5.69 Å². The van der Waals surface area contributed by atoms with E-state index in [9.17, 15) is 14.7 Å². The van der Waals surface area contributed by atoms with Gasteiger partial charge in [-0.15, -0.1) is 0 Å². The zero-order valence-corrected chi connectivity index (χ0v) is 13.2. The maximum absolute atomic E-state index is 12.0. The summed E-state index contributed by atoms with van der Waals surface area (Å²) >= 11 is 0. The normalized spacial score (nSPS) is 10.8. The summed E-state index contributed by atoms with van der Waals surface area (Å²) in [5, 5.41) is 10.3. The van der Waals surface area contributed by atoms with E-state index in [1.54, 1.807) is 18.2 Å². The number of benzene rings is 1. The van der Waals surface area contributed by atoms with Gasteiger partial charge in [-0.3, -0.25) is 14.3 Å². The van der Waals surface area contributed by atoms with E-state index in [1.807, 2.05) is 0 Å². The first-order valence-electron chi connectivity index (χ1n) is 6.89. The lowest BCUT2D eigenvalue weighted by atomic mass is 10.1. The number of hydrogen-bond donors (Lipinski definition) is 2. The molecule has 0 aliphatic heterocycles. The Hall–Kier alpha value is -3.36. The molecule has 24 heavy (non-hydrogen) atoms. The Kier molecular flexibility index (Phi) is 3.68. The Bertz CT molecular complexity index is 1030. The number of nitrogens with zero attached hydrogens (tertiary/aromatic N) is 3. The van der Waals surface area contributed by atoms with Gasteiger partial charge in [-0.1, -0.05) is 6.07 Å². The highest BCUT2D eigenvalue weighted by Gasteiger charge is 2.21. The fourth-order valence-corrected chi connectivity index (χ4v) is 2.39. The molecule has 0 unspecified atom stereocenters. The van der Waals surface area contributed by atoms with Crippen LogP contribution in [0.25, 0.3) is 22.4 Å². The minimum absolute atomic E-state index is 0.0148. The van der Waals surface area contributed by atoms with Gasteiger partial charge in [0.1, 0.15) is 17.2 Å². The number of nitrogens with one attached hydrogen (secondary N) is 1. The third-order valence-electron chi connectivity index (χ3n) is 3.58. The Morgan fingerprint density at radius 1 is 1.12 bits per heavy atom. The van der Waals surface area contributed by atoms with Gasteiger partial charge in [0, 0.05) is 7.05 Å². The Morgan fingerprint density at radius 3 is 2.33 bits per heavy atom. The van der Waals surface area contributed by atoms with E-state index in [2.05, 4.69) is 15.0 Å². The lowest BCUT2D eigenvalue weighted by molar-refractivity contribution is 0.395. The lowest BCUT2D eigenvalue weighted by Gasteiger charge is -2.13. The second-order valence-corrected chi connectivity index (χ2v) is 4.92. The summed E-state index contributed by atoms with van der Waals surface area (Å²) in [6.07, 6.45) is 0. The topological polar surface area (TPSA) is 119 Å². The molecule has 0 saturated heterocycles. The van der Waals surface area contributed by atoms with Crippen molar-refractivity contribution >= 4 is 11.2 Å². The monoisotopic (exact) mass is 330 g/mol. The zero-order chi connectivity index (χ0) is 17.4. The molecule has 0 spiro atoms. The molecule has 2 N–H and O–H groups in total. The van der Waals surface area contributed by atoms with Crippen molar-refractivity contribution < 1.29 is 14.6 Å². The van der Waals surface area contributed by atoms with Crippen LogP contribution in [0.2, 0.25) is 0 Å². The molecule has 9 nitrogen and oxygen atoms in total. The molecule has 3 aromatic rings. The first kappa shape index (κ1) is 15.5. The number of rotatable bonds is 3. The van der Waals surface area contributed by atoms with Crippen LogP contribution in [0.15, 0.2) is 27.8 Å². The van der Waals surface area contributed by atoms with Crippen molar-refractivity contribution in [2.45, 2.75) is 0 Å². The second kappa shape index (κ2) is 5.69. The number of aromatic nitrogens is 4. The molecule has 1 aromatic carbocycles. The molecule has 0 fully saturated rings. The Morgan fingerprint density at radius 2 is 1.75 bits per heavy atom. The van der Waals surface area contributed by atoms with Crippen LogP contribution in [-0.4, -0.2) is 38.8 Å². The summed E-state index contributed by atoms with van der Waals surface area (Å²) in [7, 11) is 4.33. The van der Waals surface area contributed by atoms with Gasteiger partial charge in [-0.2, -0.15) is 4.98 Å². The van der Waals surface area contributed by atoms with E-state index in [0.717, 1.165) is 4.57 Å². The number of aromatic hydroxyl groups is 1. The minimum Gasteiger partial charge on any atom is -0.496 e. The largest absolute Gasteiger partial charge is 0.496 e. The third kappa shape index (κ3) is 2.26. The molecule has 0 saturated carbocycles. The molecule has 0 atom stereocenters. The first-order valence-corrected chi connectivity index (χ1v) is 6.89. The number of ether oxygens (including phenoxy) is 2. The highest BCUT2D eigenvalue weighted by molar-refractivity contribution is 5.82. The van der Waals surface area contributed by atoms with Crippen LogP contribution in [-0.2, 0) is 7.05 Å². The van der Waals surface area contributed by atoms with E-state index in [4.69, 9.17) is 9.47 Å². The van der Waals surface area contributed by atoms with Gasteiger partial charge in [-0.25, -0.2) is 9.78 Å². The van der Waals surface area contributed by atoms with Crippen LogP contribution < -0.4 is 20.7 Å². The number of H-pyrrole nitrogens is 1. The van der Waals surface area contributed by atoms with Gasteiger partial charge in [0.2, 0.25) is 5.88 Å². The standard InChI is InChI=1S/C15H14N4O5/c1-19-12-11(14(21)18-15(19)22)16-10(13(20)17-12)9-7(23-2)5-4-6-8(9)24-3/h4-6H,1-3H3,(H,17,20)(H,18,21,22). The molecule has 0 aliphatic carbocycles. The zero-order valence-electron chi connectivity index (χ0n) is 13.2. The van der Waals surface area contributed by atoms with E-state index < -0.39 is 17.1 Å². The number of aromatic amines is 1. The molecule has 0 aliphatic rings. The molecule has 0 radical (unpaired) electrons. The van der Waals surface area contributed by atoms with Crippen molar-refractivity contribution in [2.75, 3.05) is 14.2 Å². The lowest BCUT2D eigenvalue weighted by Crippen LogP contribution is -2.29. The highest BCUT2D eigenvalue weighted by Crippen LogP contribution is 2.40. The number of fused-ring (bicyclic) bond motifs is 1. The van der Waals surface area contributed by atoms with Crippen LogP contribution in [0.1, 0.15) is 0 Å². The van der Waals surface area contributed by atoms with Gasteiger partial charge in [0.05, 0.1) is 19.8 Å². The molecule has 0 amide bonds. The van der Waals surface area contributed by atoms with Crippen LogP contribution in [0, 0.1) is 0 Å². The second-order valence-electron chi connectivity index (χ2n) is 4.92. The summed E-state index contributed by atoms with van der Waals surface area (Å²) in [4.78, 5) is 34.0. The summed E-state index contributed by atoms with van der Waals surface area (Å²) < 4.78 is 11.7. The third-order valence-corrected chi connectivity index (χ3v) is 3.58. The van der Waals surface area contributed by atoms with E-state index >= 15 is 0 Å². The average molecular weight is 330 g/mol. The fourth-order valence-electron chi connectivity index (χ4n) is 2.39. The van der Waals surface area contributed by atoms with E-state index in [1.165, 1.54) is 21.3 Å². The molecule has 3 rings (SSSR count). The molecular formula is C15H14N4O5. The molecule has 0 bridgehead atoms. The van der Waals surface area contributed by atoms with Crippen molar-refractivity contribution in [3.63, 3.8) is 0 Å². The SMILES string of the molecule is COc1cccc(OC)c1-c1nc2c(=O)[nH]c(=O)n(C)c2nc1O. The van der Waals surface area contributed by atoms with Crippen molar-refractivity contribution in [3.8, 4) is 28.6 Å². The van der Waals surface area contributed by atoms with Gasteiger partial charge < -0.3 is 14.6 Å². The van der Waals surface area contributed by atoms with Crippen LogP contribution in [0.3, 0.4) is 0 Å². The molecule has 9 heteroatoms. The number of methoxy groups -OCH3 is 2. The highest BCUT2D eigenvalue weighted by atomic mass is 16.5. The van der Waals surface area contributed by atoms with E-state index in [-0.39, 0.29) is 16.9 Å². The number of hydrogen-bond acceptors (Lipinski definition) is 7. The first-order chi connectivity index (χ1) is 11.5. The Balaban J connectivity index is 2.43. The van der Waals surface area contributed by atoms with Crippen molar-refractivity contribution in [1.82, 2.24) is 19.5 Å². The minimum atomic E-state index is -0.698. The summed E-state index contributed by atoms with van der Waals surface area (Å²) in [5.74, 6) is 0.324. The van der Waals surface area contributed by atoms with Crippen molar-refractivity contribution in [1.29, 1.82) is 0 Å². The molecule has 2 aromatic heterocycles. The van der Waals surface area contributed by atoms with E-state index in [0.29, 0.717) is 17.1 Å². The molecule has 124 valence electrons. The Labute approximate surface area is 135 Å². The summed E-state index contributed by atoms with van der Waals surface area (Å²) in [5.41, 5.74) is -1.10. The average Bonchev–Trinajstić information content (AvgIpc) is 2.58. The predicted molar refractivity (Wildman–Crippen MR) is 85.6 cm³/mol. The quantitative estimate of drug-likeness (QED) is 0.713. The molecular weight excluding hydrogens is 316 g/mol. The van der Waals surface area contributed by atoms with Crippen LogP contribution >= 0.6 is 0 Å². The summed E-state index contributed by atoms with van der Waals surface area (Å²) in [6.45, 7) is 0. The van der Waals surface area contributed by atoms with Crippen LogP contribution in [0.4, 0.5) is 0 Å². The maximum atomic E-state index is 12.0. The summed E-state index contributed by atoms with van der Waals surface area (Å²) in [6, 6.07) is 5.03. The van der Waals surface area contributed by atoms with Crippen molar-refractivity contribution in [2.24, 2.45) is 7.05 Å². The van der Waals surface area contributed by atoms with Crippen LogP contribution in [0.5, 0.6) is 17.4 Å².